The van der Waals surface area contributed by atoms with E-state index in [0.717, 1.165) is 5.56 Å². The van der Waals surface area contributed by atoms with Gasteiger partial charge in [-0.3, -0.25) is 0 Å². The van der Waals surface area contributed by atoms with Crippen molar-refractivity contribution in [2.45, 2.75) is 6.61 Å². The van der Waals surface area contributed by atoms with Crippen molar-refractivity contribution in [3.05, 3.63) is 22.8 Å². The molecule has 0 amide bonds. The van der Waals surface area contributed by atoms with Gasteiger partial charge in [0.15, 0.2) is 0 Å². The van der Waals surface area contributed by atoms with Crippen molar-refractivity contribution in [1.82, 2.24) is 4.98 Å². The zero-order chi connectivity index (χ0) is 8.97. The quantitative estimate of drug-likeness (QED) is 0.678. The second-order valence-electron chi connectivity index (χ2n) is 2.27. The highest BCUT2D eigenvalue weighted by molar-refractivity contribution is 6.29. The van der Waals surface area contributed by atoms with Gasteiger partial charge in [0, 0.05) is 13.2 Å². The molecule has 0 saturated heterocycles. The van der Waals surface area contributed by atoms with Crippen LogP contribution in [0.25, 0.3) is 0 Å². The van der Waals surface area contributed by atoms with Crippen molar-refractivity contribution < 1.29 is 9.47 Å². The van der Waals surface area contributed by atoms with Crippen molar-refractivity contribution in [2.75, 3.05) is 14.2 Å². The van der Waals surface area contributed by atoms with E-state index in [4.69, 9.17) is 21.1 Å². The third-order valence-electron chi connectivity index (χ3n) is 1.35. The first kappa shape index (κ1) is 9.29. The fourth-order valence-corrected chi connectivity index (χ4v) is 1.10. The molecule has 0 atom stereocenters. The van der Waals surface area contributed by atoms with E-state index < -0.39 is 0 Å². The Balaban J connectivity index is 2.90. The Hall–Kier alpha value is -0.800. The van der Waals surface area contributed by atoms with Gasteiger partial charge in [-0.1, -0.05) is 11.6 Å². The average molecular weight is 188 g/mol. The molecule has 0 fully saturated rings. The van der Waals surface area contributed by atoms with E-state index >= 15 is 0 Å². The highest BCUT2D eigenvalue weighted by Crippen LogP contribution is 2.16. The maximum atomic E-state index is 5.72. The van der Waals surface area contributed by atoms with Crippen LogP contribution in [0.1, 0.15) is 5.56 Å². The van der Waals surface area contributed by atoms with Crippen molar-refractivity contribution in [1.29, 1.82) is 0 Å². The third kappa shape index (κ3) is 2.36. The van der Waals surface area contributed by atoms with Crippen LogP contribution in [0.2, 0.25) is 5.15 Å². The average Bonchev–Trinajstić information content (AvgIpc) is 2.04. The first-order valence-electron chi connectivity index (χ1n) is 3.45. The number of rotatable bonds is 3. The predicted molar refractivity (Wildman–Crippen MR) is 46.5 cm³/mol. The molecule has 66 valence electrons. The van der Waals surface area contributed by atoms with Crippen LogP contribution in [-0.2, 0) is 11.3 Å². The second kappa shape index (κ2) is 4.28. The van der Waals surface area contributed by atoms with Crippen LogP contribution >= 0.6 is 11.6 Å². The molecule has 3 nitrogen and oxygen atoms in total. The van der Waals surface area contributed by atoms with E-state index in [2.05, 4.69) is 4.98 Å². The van der Waals surface area contributed by atoms with Gasteiger partial charge in [0.05, 0.1) is 13.7 Å². The fraction of sp³-hybridized carbons (Fsp3) is 0.375. The third-order valence-corrected chi connectivity index (χ3v) is 1.54. The Morgan fingerprint density at radius 2 is 2.17 bits per heavy atom. The van der Waals surface area contributed by atoms with E-state index in [0.29, 0.717) is 17.6 Å². The molecule has 0 aliphatic carbocycles. The summed E-state index contributed by atoms with van der Waals surface area (Å²) in [6.07, 6.45) is 0. The molecule has 1 heterocycles. The minimum absolute atomic E-state index is 0.418. The zero-order valence-electron chi connectivity index (χ0n) is 7.00. The zero-order valence-corrected chi connectivity index (χ0v) is 7.76. The molecule has 0 unspecified atom stereocenters. The summed E-state index contributed by atoms with van der Waals surface area (Å²) in [7, 11) is 3.18. The summed E-state index contributed by atoms with van der Waals surface area (Å²) < 4.78 is 9.87. The van der Waals surface area contributed by atoms with E-state index in [1.807, 2.05) is 0 Å². The summed E-state index contributed by atoms with van der Waals surface area (Å²) in [5, 5.41) is 0.418. The maximum Gasteiger partial charge on any atom is 0.214 e. The Labute approximate surface area is 76.3 Å². The van der Waals surface area contributed by atoms with Gasteiger partial charge < -0.3 is 9.47 Å². The lowest BCUT2D eigenvalue weighted by Crippen LogP contribution is -1.92. The summed E-state index contributed by atoms with van der Waals surface area (Å²) in [5.41, 5.74) is 0.953. The lowest BCUT2D eigenvalue weighted by Gasteiger charge is -2.03. The van der Waals surface area contributed by atoms with E-state index in [-0.39, 0.29) is 0 Å². The van der Waals surface area contributed by atoms with Gasteiger partial charge >= 0.3 is 0 Å². The van der Waals surface area contributed by atoms with Gasteiger partial charge in [0.1, 0.15) is 5.15 Å². The van der Waals surface area contributed by atoms with Gasteiger partial charge in [0.2, 0.25) is 5.88 Å². The molecule has 1 rings (SSSR count). The maximum absolute atomic E-state index is 5.72. The minimum Gasteiger partial charge on any atom is -0.481 e. The van der Waals surface area contributed by atoms with Crippen LogP contribution in [0.5, 0.6) is 5.88 Å². The highest BCUT2D eigenvalue weighted by Gasteiger charge is 2.00. The molecule has 0 radical (unpaired) electrons. The molecule has 0 aromatic carbocycles. The SMILES string of the molecule is COCc1cc(Cl)nc(OC)c1. The summed E-state index contributed by atoms with van der Waals surface area (Å²) in [6, 6.07) is 3.53. The predicted octanol–water partition coefficient (Wildman–Crippen LogP) is 1.89. The smallest absolute Gasteiger partial charge is 0.214 e. The minimum atomic E-state index is 0.418. The molecule has 0 saturated carbocycles. The Morgan fingerprint density at radius 1 is 1.42 bits per heavy atom. The molecular weight excluding hydrogens is 178 g/mol. The fourth-order valence-electron chi connectivity index (χ4n) is 0.878. The number of ether oxygens (including phenoxy) is 2. The lowest BCUT2D eigenvalue weighted by molar-refractivity contribution is 0.184. The Kier molecular flexibility index (Phi) is 3.31. The van der Waals surface area contributed by atoms with E-state index in [1.54, 1.807) is 26.4 Å². The van der Waals surface area contributed by atoms with Crippen LogP contribution in [0.3, 0.4) is 0 Å². The Morgan fingerprint density at radius 3 is 2.75 bits per heavy atom. The summed E-state index contributed by atoms with van der Waals surface area (Å²) in [6.45, 7) is 0.512. The molecule has 1 aromatic heterocycles. The number of pyridine rings is 1. The van der Waals surface area contributed by atoms with Gasteiger partial charge in [0.25, 0.3) is 0 Å². The number of hydrogen-bond donors (Lipinski definition) is 0. The number of methoxy groups -OCH3 is 2. The molecule has 0 spiro atoms. The van der Waals surface area contributed by atoms with Crippen LogP contribution in [-0.4, -0.2) is 19.2 Å². The van der Waals surface area contributed by atoms with Crippen molar-refractivity contribution in [2.24, 2.45) is 0 Å². The topological polar surface area (TPSA) is 31.4 Å². The van der Waals surface area contributed by atoms with Crippen LogP contribution in [0.4, 0.5) is 0 Å². The largest absolute Gasteiger partial charge is 0.481 e. The summed E-state index contributed by atoms with van der Waals surface area (Å²) in [4.78, 5) is 3.92. The standard InChI is InChI=1S/C8H10ClNO2/c1-11-5-6-3-7(9)10-8(4-6)12-2/h3-4H,5H2,1-2H3. The van der Waals surface area contributed by atoms with E-state index in [1.165, 1.54) is 0 Å². The molecule has 0 aliphatic heterocycles. The molecular formula is C8H10ClNO2. The van der Waals surface area contributed by atoms with Gasteiger partial charge in [-0.25, -0.2) is 4.98 Å². The number of nitrogens with zero attached hydrogens (tertiary/aromatic N) is 1. The summed E-state index contributed by atoms with van der Waals surface area (Å²) >= 11 is 5.72. The van der Waals surface area contributed by atoms with Gasteiger partial charge in [-0.2, -0.15) is 0 Å². The van der Waals surface area contributed by atoms with Crippen molar-refractivity contribution >= 4 is 11.6 Å². The highest BCUT2D eigenvalue weighted by atomic mass is 35.5. The second-order valence-corrected chi connectivity index (χ2v) is 2.66. The first-order chi connectivity index (χ1) is 5.76. The van der Waals surface area contributed by atoms with Crippen molar-refractivity contribution in [3.8, 4) is 5.88 Å². The van der Waals surface area contributed by atoms with Crippen LogP contribution in [0.15, 0.2) is 12.1 Å². The van der Waals surface area contributed by atoms with Crippen molar-refractivity contribution in [3.63, 3.8) is 0 Å². The number of aromatic nitrogens is 1. The molecule has 0 aliphatic rings. The summed E-state index contributed by atoms with van der Waals surface area (Å²) in [5.74, 6) is 0.509. The number of hydrogen-bond acceptors (Lipinski definition) is 3. The normalized spacial score (nSPS) is 9.92. The van der Waals surface area contributed by atoms with Gasteiger partial charge in [-0.05, 0) is 11.6 Å². The van der Waals surface area contributed by atoms with Crippen LogP contribution in [0, 0.1) is 0 Å². The molecule has 0 N–H and O–H groups in total. The van der Waals surface area contributed by atoms with E-state index in [9.17, 15) is 0 Å². The Bertz CT molecular complexity index is 265. The number of halogens is 1. The first-order valence-corrected chi connectivity index (χ1v) is 3.83. The molecule has 1 aromatic rings. The molecule has 12 heavy (non-hydrogen) atoms. The van der Waals surface area contributed by atoms with Gasteiger partial charge in [-0.15, -0.1) is 0 Å². The monoisotopic (exact) mass is 187 g/mol. The molecule has 4 heteroatoms. The molecule has 0 bridgehead atoms. The van der Waals surface area contributed by atoms with Crippen LogP contribution < -0.4 is 4.74 Å². The lowest BCUT2D eigenvalue weighted by atomic mass is 10.3.